The minimum Gasteiger partial charge on any atom is -0.396 e. The molecule has 0 aromatic heterocycles. The lowest BCUT2D eigenvalue weighted by molar-refractivity contribution is -0.136. The van der Waals surface area contributed by atoms with Crippen LogP contribution < -0.4 is 10.6 Å². The largest absolute Gasteiger partial charge is 0.396 e. The molecule has 0 atom stereocenters. The van der Waals surface area contributed by atoms with Crippen molar-refractivity contribution in [1.82, 2.24) is 5.32 Å². The van der Waals surface area contributed by atoms with E-state index in [9.17, 15) is 9.59 Å². The van der Waals surface area contributed by atoms with E-state index in [2.05, 4.69) is 10.6 Å². The summed E-state index contributed by atoms with van der Waals surface area (Å²) < 4.78 is 0. The first-order valence-electron chi connectivity index (χ1n) is 7.38. The Labute approximate surface area is 124 Å². The van der Waals surface area contributed by atoms with Gasteiger partial charge in [-0.1, -0.05) is 12.1 Å². The summed E-state index contributed by atoms with van der Waals surface area (Å²) in [4.78, 5) is 23.7. The van der Waals surface area contributed by atoms with Gasteiger partial charge >= 0.3 is 11.8 Å². The van der Waals surface area contributed by atoms with Crippen LogP contribution >= 0.6 is 0 Å². The van der Waals surface area contributed by atoms with Gasteiger partial charge in [0, 0.05) is 18.3 Å². The maximum absolute atomic E-state index is 11.9. The van der Waals surface area contributed by atoms with Crippen LogP contribution in [0.3, 0.4) is 0 Å². The number of benzene rings is 1. The Balaban J connectivity index is 1.82. The van der Waals surface area contributed by atoms with Gasteiger partial charge in [0.1, 0.15) is 0 Å². The first kappa shape index (κ1) is 15.5. The number of aliphatic hydroxyl groups is 1. The second-order valence-corrected chi connectivity index (χ2v) is 5.70. The van der Waals surface area contributed by atoms with Crippen LogP contribution in [0.5, 0.6) is 0 Å². The van der Waals surface area contributed by atoms with Gasteiger partial charge < -0.3 is 15.7 Å². The number of nitrogens with one attached hydrogen (secondary N) is 2. The molecule has 5 heteroatoms. The molecule has 1 aromatic carbocycles. The molecule has 1 aliphatic carbocycles. The van der Waals surface area contributed by atoms with Gasteiger partial charge in [0.05, 0.1) is 0 Å². The summed E-state index contributed by atoms with van der Waals surface area (Å²) in [5, 5.41) is 14.4. The molecule has 0 aliphatic heterocycles. The molecule has 0 bridgehead atoms. The Kier molecular flexibility index (Phi) is 5.33. The summed E-state index contributed by atoms with van der Waals surface area (Å²) >= 11 is 0. The van der Waals surface area contributed by atoms with Gasteiger partial charge in [-0.05, 0) is 56.2 Å². The van der Waals surface area contributed by atoms with Crippen LogP contribution in [0, 0.1) is 12.8 Å². The van der Waals surface area contributed by atoms with E-state index < -0.39 is 11.8 Å². The maximum atomic E-state index is 11.9. The van der Waals surface area contributed by atoms with E-state index in [1.165, 1.54) is 0 Å². The normalized spacial score (nSPS) is 21.6. The molecule has 0 saturated heterocycles. The fraction of sp³-hybridized carbons (Fsp3) is 0.500. The molecule has 0 spiro atoms. The summed E-state index contributed by atoms with van der Waals surface area (Å²) in [6.45, 7) is 2.13. The van der Waals surface area contributed by atoms with E-state index in [1.807, 2.05) is 25.1 Å². The van der Waals surface area contributed by atoms with E-state index in [-0.39, 0.29) is 12.6 Å². The van der Waals surface area contributed by atoms with E-state index in [4.69, 9.17) is 5.11 Å². The second kappa shape index (κ2) is 7.22. The van der Waals surface area contributed by atoms with Crippen LogP contribution in [0.2, 0.25) is 0 Å². The number of hydrogen-bond acceptors (Lipinski definition) is 3. The van der Waals surface area contributed by atoms with Gasteiger partial charge in [-0.15, -0.1) is 0 Å². The molecule has 1 aliphatic rings. The summed E-state index contributed by atoms with van der Waals surface area (Å²) in [6, 6.07) is 7.36. The van der Waals surface area contributed by atoms with E-state index >= 15 is 0 Å². The lowest BCUT2D eigenvalue weighted by atomic mass is 9.86. The summed E-state index contributed by atoms with van der Waals surface area (Å²) in [6.07, 6.45) is 3.41. The third kappa shape index (κ3) is 4.56. The maximum Gasteiger partial charge on any atom is 0.313 e. The molecular weight excluding hydrogens is 268 g/mol. The highest BCUT2D eigenvalue weighted by Crippen LogP contribution is 2.23. The number of aliphatic hydroxyl groups excluding tert-OH is 1. The predicted molar refractivity (Wildman–Crippen MR) is 80.8 cm³/mol. The van der Waals surface area contributed by atoms with Crippen molar-refractivity contribution in [3.8, 4) is 0 Å². The van der Waals surface area contributed by atoms with Crippen LogP contribution in [-0.4, -0.2) is 29.6 Å². The van der Waals surface area contributed by atoms with Crippen molar-refractivity contribution in [3.05, 3.63) is 29.8 Å². The Bertz CT molecular complexity index is 508. The molecule has 2 amide bonds. The van der Waals surface area contributed by atoms with Crippen molar-refractivity contribution in [3.63, 3.8) is 0 Å². The SMILES string of the molecule is Cc1cccc(NC(=O)C(=O)NC2CCC(CO)CC2)c1. The molecule has 1 fully saturated rings. The highest BCUT2D eigenvalue weighted by molar-refractivity contribution is 6.39. The van der Waals surface area contributed by atoms with Crippen LogP contribution in [0.4, 0.5) is 5.69 Å². The second-order valence-electron chi connectivity index (χ2n) is 5.70. The molecule has 1 saturated carbocycles. The molecule has 0 heterocycles. The van der Waals surface area contributed by atoms with E-state index in [0.717, 1.165) is 31.2 Å². The average molecular weight is 290 g/mol. The number of anilines is 1. The standard InChI is InChI=1S/C16H22N2O3/c1-11-3-2-4-14(9-11)18-16(21)15(20)17-13-7-5-12(10-19)6-8-13/h2-4,9,12-13,19H,5-8,10H2,1H3,(H,17,20)(H,18,21). The number of aryl methyl sites for hydroxylation is 1. The average Bonchev–Trinajstić information content (AvgIpc) is 2.48. The van der Waals surface area contributed by atoms with Gasteiger partial charge in [-0.3, -0.25) is 9.59 Å². The minimum atomic E-state index is -0.634. The van der Waals surface area contributed by atoms with Gasteiger partial charge in [0.25, 0.3) is 0 Å². The van der Waals surface area contributed by atoms with Crippen molar-refractivity contribution < 1.29 is 14.7 Å². The number of carbonyl (C=O) groups excluding carboxylic acids is 2. The van der Waals surface area contributed by atoms with Crippen molar-refractivity contribution in [2.75, 3.05) is 11.9 Å². The van der Waals surface area contributed by atoms with Gasteiger partial charge in [0.15, 0.2) is 0 Å². The van der Waals surface area contributed by atoms with Gasteiger partial charge in [-0.2, -0.15) is 0 Å². The molecule has 5 nitrogen and oxygen atoms in total. The lowest BCUT2D eigenvalue weighted by Crippen LogP contribution is -2.43. The lowest BCUT2D eigenvalue weighted by Gasteiger charge is -2.27. The summed E-state index contributed by atoms with van der Waals surface area (Å²) in [7, 11) is 0. The molecule has 114 valence electrons. The van der Waals surface area contributed by atoms with Crippen LogP contribution in [0.1, 0.15) is 31.2 Å². The Morgan fingerprint density at radius 1 is 1.19 bits per heavy atom. The molecule has 1 aromatic rings. The highest BCUT2D eigenvalue weighted by atomic mass is 16.3. The molecule has 21 heavy (non-hydrogen) atoms. The van der Waals surface area contributed by atoms with Gasteiger partial charge in [-0.25, -0.2) is 0 Å². The summed E-state index contributed by atoms with van der Waals surface area (Å²) in [5.74, 6) is -0.895. The Hall–Kier alpha value is -1.88. The topological polar surface area (TPSA) is 78.4 Å². The zero-order chi connectivity index (χ0) is 15.2. The monoisotopic (exact) mass is 290 g/mol. The number of rotatable bonds is 3. The third-order valence-electron chi connectivity index (χ3n) is 3.92. The molecule has 2 rings (SSSR count). The van der Waals surface area contributed by atoms with Crippen LogP contribution in [-0.2, 0) is 9.59 Å². The van der Waals surface area contributed by atoms with Crippen LogP contribution in [0.15, 0.2) is 24.3 Å². The van der Waals surface area contributed by atoms with Crippen molar-refractivity contribution in [2.24, 2.45) is 5.92 Å². The van der Waals surface area contributed by atoms with Crippen molar-refractivity contribution >= 4 is 17.5 Å². The highest BCUT2D eigenvalue weighted by Gasteiger charge is 2.24. The Morgan fingerprint density at radius 2 is 1.90 bits per heavy atom. The van der Waals surface area contributed by atoms with Crippen molar-refractivity contribution in [2.45, 2.75) is 38.6 Å². The number of amides is 2. The van der Waals surface area contributed by atoms with Crippen molar-refractivity contribution in [1.29, 1.82) is 0 Å². The molecule has 3 N–H and O–H groups in total. The molecule has 0 unspecified atom stereocenters. The first-order chi connectivity index (χ1) is 10.1. The quantitative estimate of drug-likeness (QED) is 0.740. The van der Waals surface area contributed by atoms with E-state index in [0.29, 0.717) is 11.6 Å². The molecular formula is C16H22N2O3. The zero-order valence-electron chi connectivity index (χ0n) is 12.3. The number of carbonyl (C=O) groups is 2. The third-order valence-corrected chi connectivity index (χ3v) is 3.92. The Morgan fingerprint density at radius 3 is 2.52 bits per heavy atom. The molecule has 0 radical (unpaired) electrons. The fourth-order valence-corrected chi connectivity index (χ4v) is 2.65. The van der Waals surface area contributed by atoms with Crippen LogP contribution in [0.25, 0.3) is 0 Å². The predicted octanol–water partition coefficient (Wildman–Crippen LogP) is 1.60. The minimum absolute atomic E-state index is 0.0311. The first-order valence-corrected chi connectivity index (χ1v) is 7.38. The fourth-order valence-electron chi connectivity index (χ4n) is 2.65. The van der Waals surface area contributed by atoms with Gasteiger partial charge in [0.2, 0.25) is 0 Å². The zero-order valence-corrected chi connectivity index (χ0v) is 12.3. The number of hydrogen-bond donors (Lipinski definition) is 3. The van der Waals surface area contributed by atoms with E-state index in [1.54, 1.807) is 6.07 Å². The summed E-state index contributed by atoms with van der Waals surface area (Å²) in [5.41, 5.74) is 1.65. The smallest absolute Gasteiger partial charge is 0.313 e.